The van der Waals surface area contributed by atoms with E-state index in [1.54, 1.807) is 6.07 Å². The van der Waals surface area contributed by atoms with Crippen molar-refractivity contribution in [2.24, 2.45) is 0 Å². The van der Waals surface area contributed by atoms with Gasteiger partial charge in [0.05, 0.1) is 30.5 Å². The highest BCUT2D eigenvalue weighted by atomic mass is 35.5. The van der Waals surface area contributed by atoms with Gasteiger partial charge in [-0.2, -0.15) is 0 Å². The standard InChI is InChI=1S/C28H18Cl2N2O5/c1-36-27(34)23-22-13-21(17-8-7-15-5-3-4-6-16(15)11-17)31-14-32(22)25(24(23)28(35)37-2)26(33)19-10-9-18(29)12-20(19)30/h3-14H,1-2H3. The molecule has 0 spiro atoms. The molecule has 9 heteroatoms. The van der Waals surface area contributed by atoms with E-state index in [4.69, 9.17) is 32.7 Å². The van der Waals surface area contributed by atoms with Crippen LogP contribution in [-0.4, -0.2) is 41.3 Å². The number of esters is 2. The number of hydrogen-bond donors (Lipinski definition) is 0. The predicted molar refractivity (Wildman–Crippen MR) is 141 cm³/mol. The van der Waals surface area contributed by atoms with Crippen LogP contribution in [0.4, 0.5) is 0 Å². The normalized spacial score (nSPS) is 11.0. The Kier molecular flexibility index (Phi) is 6.41. The Morgan fingerprint density at radius 2 is 1.51 bits per heavy atom. The lowest BCUT2D eigenvalue weighted by Gasteiger charge is -2.08. The number of benzene rings is 3. The van der Waals surface area contributed by atoms with Gasteiger partial charge in [-0.3, -0.25) is 9.20 Å². The Morgan fingerprint density at radius 1 is 0.811 bits per heavy atom. The Bertz CT molecular complexity index is 1740. The third-order valence-electron chi connectivity index (χ3n) is 6.04. The molecular formula is C28H18Cl2N2O5. The van der Waals surface area contributed by atoms with E-state index in [-0.39, 0.29) is 32.9 Å². The Balaban J connectivity index is 1.80. The SMILES string of the molecule is COC(=O)c1c(C(=O)OC)c2cc(-c3ccc4ccccc4c3)ncn2c1C(=O)c1ccc(Cl)cc1Cl. The van der Waals surface area contributed by atoms with Crippen LogP contribution in [0, 0.1) is 0 Å². The molecule has 7 nitrogen and oxygen atoms in total. The molecule has 184 valence electrons. The number of aromatic nitrogens is 2. The van der Waals surface area contributed by atoms with Gasteiger partial charge >= 0.3 is 11.9 Å². The fourth-order valence-corrected chi connectivity index (χ4v) is 4.79. The molecule has 0 unspecified atom stereocenters. The minimum Gasteiger partial charge on any atom is -0.465 e. The largest absolute Gasteiger partial charge is 0.465 e. The van der Waals surface area contributed by atoms with Crippen molar-refractivity contribution in [2.45, 2.75) is 0 Å². The fraction of sp³-hybridized carbons (Fsp3) is 0.0714. The van der Waals surface area contributed by atoms with Gasteiger partial charge < -0.3 is 9.47 Å². The van der Waals surface area contributed by atoms with Crippen molar-refractivity contribution < 1.29 is 23.9 Å². The number of ether oxygens (including phenoxy) is 2. The van der Waals surface area contributed by atoms with Crippen molar-refractivity contribution in [3.05, 3.63) is 105 Å². The minimum absolute atomic E-state index is 0.0867. The molecule has 0 aliphatic carbocycles. The molecule has 0 amide bonds. The molecule has 37 heavy (non-hydrogen) atoms. The number of carbonyl (C=O) groups is 3. The van der Waals surface area contributed by atoms with Crippen LogP contribution in [-0.2, 0) is 9.47 Å². The number of nitrogens with zero attached hydrogens (tertiary/aromatic N) is 2. The number of rotatable bonds is 5. The summed E-state index contributed by atoms with van der Waals surface area (Å²) < 4.78 is 11.3. The number of halogens is 2. The summed E-state index contributed by atoms with van der Waals surface area (Å²) in [7, 11) is 2.35. The molecule has 0 saturated carbocycles. The van der Waals surface area contributed by atoms with Crippen LogP contribution in [0.1, 0.15) is 36.8 Å². The van der Waals surface area contributed by atoms with E-state index >= 15 is 0 Å². The Labute approximate surface area is 221 Å². The molecule has 0 fully saturated rings. The summed E-state index contributed by atoms with van der Waals surface area (Å²) in [5, 5.41) is 2.50. The van der Waals surface area contributed by atoms with Gasteiger partial charge in [0.15, 0.2) is 0 Å². The maximum atomic E-state index is 13.7. The molecule has 3 aromatic carbocycles. The zero-order valence-corrected chi connectivity index (χ0v) is 21.1. The Morgan fingerprint density at radius 3 is 2.22 bits per heavy atom. The molecule has 0 bridgehead atoms. The van der Waals surface area contributed by atoms with E-state index in [1.165, 1.54) is 36.0 Å². The zero-order valence-electron chi connectivity index (χ0n) is 19.6. The maximum absolute atomic E-state index is 13.7. The van der Waals surface area contributed by atoms with Gasteiger partial charge in [0.1, 0.15) is 23.1 Å². The summed E-state index contributed by atoms with van der Waals surface area (Å²) in [6, 6.07) is 19.7. The van der Waals surface area contributed by atoms with Crippen molar-refractivity contribution in [3.8, 4) is 11.3 Å². The van der Waals surface area contributed by atoms with E-state index < -0.39 is 17.7 Å². The fourth-order valence-electron chi connectivity index (χ4n) is 4.30. The van der Waals surface area contributed by atoms with Crippen LogP contribution in [0.2, 0.25) is 10.0 Å². The van der Waals surface area contributed by atoms with Crippen molar-refractivity contribution in [1.29, 1.82) is 0 Å². The number of hydrogen-bond acceptors (Lipinski definition) is 6. The first-order chi connectivity index (χ1) is 17.8. The molecule has 0 atom stereocenters. The topological polar surface area (TPSA) is 87.0 Å². The summed E-state index contributed by atoms with van der Waals surface area (Å²) in [6.45, 7) is 0. The average Bonchev–Trinajstić information content (AvgIpc) is 3.26. The van der Waals surface area contributed by atoms with Crippen LogP contribution < -0.4 is 0 Å². The van der Waals surface area contributed by atoms with Crippen molar-refractivity contribution >= 4 is 57.2 Å². The monoisotopic (exact) mass is 532 g/mol. The van der Waals surface area contributed by atoms with Crippen LogP contribution in [0.15, 0.2) is 73.1 Å². The molecule has 0 radical (unpaired) electrons. The van der Waals surface area contributed by atoms with Gasteiger partial charge in [-0.1, -0.05) is 59.6 Å². The lowest BCUT2D eigenvalue weighted by Crippen LogP contribution is -2.15. The van der Waals surface area contributed by atoms with E-state index in [9.17, 15) is 14.4 Å². The maximum Gasteiger partial charge on any atom is 0.341 e. The van der Waals surface area contributed by atoms with Gasteiger partial charge in [-0.05, 0) is 41.1 Å². The molecular weight excluding hydrogens is 515 g/mol. The molecule has 0 N–H and O–H groups in total. The van der Waals surface area contributed by atoms with Gasteiger partial charge in [0.2, 0.25) is 5.78 Å². The Hall–Kier alpha value is -4.20. The van der Waals surface area contributed by atoms with Crippen molar-refractivity contribution in [2.75, 3.05) is 14.2 Å². The van der Waals surface area contributed by atoms with Crippen molar-refractivity contribution in [1.82, 2.24) is 9.38 Å². The summed E-state index contributed by atoms with van der Waals surface area (Å²) >= 11 is 12.3. The molecule has 0 aliphatic rings. The van der Waals surface area contributed by atoms with E-state index in [2.05, 4.69) is 4.98 Å². The van der Waals surface area contributed by atoms with Crippen LogP contribution in [0.3, 0.4) is 0 Å². The van der Waals surface area contributed by atoms with Crippen molar-refractivity contribution in [3.63, 3.8) is 0 Å². The molecule has 0 saturated heterocycles. The summed E-state index contributed by atoms with van der Waals surface area (Å²) in [6.07, 6.45) is 1.38. The lowest BCUT2D eigenvalue weighted by molar-refractivity contribution is 0.0556. The smallest absolute Gasteiger partial charge is 0.341 e. The second-order valence-electron chi connectivity index (χ2n) is 8.13. The van der Waals surface area contributed by atoms with Gasteiger partial charge in [0, 0.05) is 16.1 Å². The molecule has 0 aliphatic heterocycles. The first kappa shape index (κ1) is 24.5. The molecule has 5 aromatic rings. The van der Waals surface area contributed by atoms with Crippen LogP contribution >= 0.6 is 23.2 Å². The molecule has 2 heterocycles. The number of carbonyl (C=O) groups excluding carboxylic acids is 3. The van der Waals surface area contributed by atoms with Crippen LogP contribution in [0.5, 0.6) is 0 Å². The van der Waals surface area contributed by atoms with Crippen LogP contribution in [0.25, 0.3) is 27.5 Å². The van der Waals surface area contributed by atoms with E-state index in [0.29, 0.717) is 10.7 Å². The second kappa shape index (κ2) is 9.69. The summed E-state index contributed by atoms with van der Waals surface area (Å²) in [4.78, 5) is 44.2. The first-order valence-corrected chi connectivity index (χ1v) is 11.8. The van der Waals surface area contributed by atoms with Gasteiger partial charge in [0.25, 0.3) is 0 Å². The van der Waals surface area contributed by atoms with E-state index in [1.807, 2.05) is 42.5 Å². The lowest BCUT2D eigenvalue weighted by atomic mass is 10.0. The predicted octanol–water partition coefficient (Wildman–Crippen LogP) is 6.27. The third kappa shape index (κ3) is 4.22. The first-order valence-electron chi connectivity index (χ1n) is 11.0. The highest BCUT2D eigenvalue weighted by Crippen LogP contribution is 2.32. The highest BCUT2D eigenvalue weighted by Gasteiger charge is 2.34. The molecule has 2 aromatic heterocycles. The summed E-state index contributed by atoms with van der Waals surface area (Å²) in [5.41, 5.74) is 1.15. The number of methoxy groups -OCH3 is 2. The zero-order chi connectivity index (χ0) is 26.3. The van der Waals surface area contributed by atoms with Gasteiger partial charge in [-0.15, -0.1) is 0 Å². The highest BCUT2D eigenvalue weighted by molar-refractivity contribution is 6.38. The van der Waals surface area contributed by atoms with E-state index in [0.717, 1.165) is 23.4 Å². The van der Waals surface area contributed by atoms with Gasteiger partial charge in [-0.25, -0.2) is 14.6 Å². The molecule has 5 rings (SSSR count). The quantitative estimate of drug-likeness (QED) is 0.196. The average molecular weight is 533 g/mol. The third-order valence-corrected chi connectivity index (χ3v) is 6.59. The number of ketones is 1. The minimum atomic E-state index is -0.884. The summed E-state index contributed by atoms with van der Waals surface area (Å²) in [5.74, 6) is -2.31. The number of fused-ring (bicyclic) bond motifs is 2. The second-order valence-corrected chi connectivity index (χ2v) is 8.97.